The highest BCUT2D eigenvalue weighted by atomic mass is 16.5. The van der Waals surface area contributed by atoms with Crippen molar-refractivity contribution in [2.24, 2.45) is 5.73 Å². The van der Waals surface area contributed by atoms with Crippen molar-refractivity contribution in [3.63, 3.8) is 0 Å². The third-order valence-corrected chi connectivity index (χ3v) is 5.69. The van der Waals surface area contributed by atoms with Gasteiger partial charge in [0.2, 0.25) is 11.7 Å². The topological polar surface area (TPSA) is 92.0 Å². The number of benzene rings is 1. The number of rotatable bonds is 9. The number of guanidine groups is 1. The zero-order valence-electron chi connectivity index (χ0n) is 17.2. The Morgan fingerprint density at radius 2 is 2.04 bits per heavy atom. The summed E-state index contributed by atoms with van der Waals surface area (Å²) < 4.78 is 5.51. The third kappa shape index (κ3) is 4.91. The number of nitrogens with one attached hydrogen (secondary N) is 1. The molecular weight excluding hydrogens is 350 g/mol. The molecule has 1 unspecified atom stereocenters. The zero-order chi connectivity index (χ0) is 19.9. The van der Waals surface area contributed by atoms with Gasteiger partial charge in [0.15, 0.2) is 5.96 Å². The summed E-state index contributed by atoms with van der Waals surface area (Å²) in [7, 11) is 0. The van der Waals surface area contributed by atoms with Gasteiger partial charge in [0.05, 0.1) is 0 Å². The van der Waals surface area contributed by atoms with Gasteiger partial charge in [-0.05, 0) is 49.8 Å². The molecule has 2 heterocycles. The molecule has 1 saturated heterocycles. The minimum atomic E-state index is -0.0770. The van der Waals surface area contributed by atoms with E-state index in [-0.39, 0.29) is 12.0 Å². The molecule has 1 aromatic heterocycles. The molecule has 1 fully saturated rings. The Hall–Kier alpha value is -2.37. The second kappa shape index (κ2) is 9.71. The van der Waals surface area contributed by atoms with E-state index in [0.717, 1.165) is 31.4 Å². The number of likely N-dealkylation sites (tertiary alicyclic amines) is 1. The molecule has 3 N–H and O–H groups in total. The molecule has 2 aromatic rings. The monoisotopic (exact) mass is 383 g/mol. The lowest BCUT2D eigenvalue weighted by Gasteiger charge is -2.21. The number of nitrogens with zero attached hydrogens (tertiary/aromatic N) is 3. The summed E-state index contributed by atoms with van der Waals surface area (Å²) in [4.78, 5) is 6.42. The van der Waals surface area contributed by atoms with Gasteiger partial charge in [0.1, 0.15) is 6.04 Å². The second-order valence-corrected chi connectivity index (χ2v) is 7.85. The number of unbranched alkanes of at least 4 members (excludes halogenated alkanes) is 5. The number of hydrogen-bond donors (Lipinski definition) is 2. The molecule has 0 aliphatic carbocycles. The van der Waals surface area contributed by atoms with Crippen molar-refractivity contribution in [3.05, 3.63) is 35.2 Å². The van der Waals surface area contributed by atoms with Crippen molar-refractivity contribution in [1.82, 2.24) is 15.0 Å². The molecule has 1 aliphatic rings. The lowest BCUT2D eigenvalue weighted by molar-refractivity contribution is 0.283. The number of aryl methyl sites for hydroxylation is 2. The first-order valence-electron chi connectivity index (χ1n) is 10.6. The average Bonchev–Trinajstić information content (AvgIpc) is 3.34. The van der Waals surface area contributed by atoms with Gasteiger partial charge < -0.3 is 15.2 Å². The summed E-state index contributed by atoms with van der Waals surface area (Å²) in [6.45, 7) is 5.18. The van der Waals surface area contributed by atoms with Crippen LogP contribution in [0.4, 0.5) is 0 Å². The first-order valence-corrected chi connectivity index (χ1v) is 10.6. The van der Waals surface area contributed by atoms with Gasteiger partial charge in [0.25, 0.3) is 0 Å². The van der Waals surface area contributed by atoms with Gasteiger partial charge >= 0.3 is 0 Å². The second-order valence-electron chi connectivity index (χ2n) is 7.85. The lowest BCUT2D eigenvalue weighted by Crippen LogP contribution is -2.35. The number of aromatic nitrogens is 2. The smallest absolute Gasteiger partial charge is 0.249 e. The van der Waals surface area contributed by atoms with Gasteiger partial charge in [-0.2, -0.15) is 4.98 Å². The summed E-state index contributed by atoms with van der Waals surface area (Å²) in [6, 6.07) is 6.36. The van der Waals surface area contributed by atoms with E-state index < -0.39 is 0 Å². The van der Waals surface area contributed by atoms with Crippen molar-refractivity contribution in [1.29, 1.82) is 5.41 Å². The third-order valence-electron chi connectivity index (χ3n) is 5.69. The molecule has 152 valence electrons. The van der Waals surface area contributed by atoms with Crippen LogP contribution in [-0.2, 0) is 6.42 Å². The highest BCUT2D eigenvalue weighted by Crippen LogP contribution is 2.31. The van der Waals surface area contributed by atoms with Crippen LogP contribution in [0, 0.1) is 12.3 Å². The van der Waals surface area contributed by atoms with E-state index in [1.807, 2.05) is 4.90 Å². The molecule has 6 nitrogen and oxygen atoms in total. The fourth-order valence-electron chi connectivity index (χ4n) is 4.01. The summed E-state index contributed by atoms with van der Waals surface area (Å²) in [5.74, 6) is 1.23. The average molecular weight is 384 g/mol. The summed E-state index contributed by atoms with van der Waals surface area (Å²) in [5, 5.41) is 11.9. The molecule has 1 atom stereocenters. The van der Waals surface area contributed by atoms with Gasteiger partial charge in [0, 0.05) is 12.1 Å². The van der Waals surface area contributed by atoms with Crippen LogP contribution in [0.15, 0.2) is 22.7 Å². The minimum Gasteiger partial charge on any atom is -0.370 e. The van der Waals surface area contributed by atoms with Crippen LogP contribution in [0.3, 0.4) is 0 Å². The van der Waals surface area contributed by atoms with Crippen LogP contribution in [0.1, 0.15) is 81.3 Å². The fraction of sp³-hybridized carbons (Fsp3) is 0.591. The molecule has 0 radical (unpaired) electrons. The molecule has 1 aliphatic heterocycles. The Kier molecular flexibility index (Phi) is 7.06. The van der Waals surface area contributed by atoms with E-state index in [1.165, 1.54) is 49.7 Å². The Morgan fingerprint density at radius 1 is 1.25 bits per heavy atom. The first-order chi connectivity index (χ1) is 13.6. The van der Waals surface area contributed by atoms with E-state index in [1.54, 1.807) is 0 Å². The quantitative estimate of drug-likeness (QED) is 0.362. The van der Waals surface area contributed by atoms with Crippen molar-refractivity contribution < 1.29 is 4.52 Å². The Bertz CT molecular complexity index is 785. The molecule has 0 saturated carbocycles. The summed E-state index contributed by atoms with van der Waals surface area (Å²) in [6.07, 6.45) is 10.9. The SMILES string of the molecule is CCCCCCCCc1ccc(-c2noc(C3CCCN3C(=N)N)n2)cc1C. The van der Waals surface area contributed by atoms with E-state index in [2.05, 4.69) is 42.2 Å². The normalized spacial score (nSPS) is 16.6. The van der Waals surface area contributed by atoms with E-state index in [9.17, 15) is 0 Å². The van der Waals surface area contributed by atoms with Gasteiger partial charge in [-0.3, -0.25) is 5.41 Å². The first kappa shape index (κ1) is 20.4. The molecule has 1 aromatic carbocycles. The molecule has 0 amide bonds. The summed E-state index contributed by atoms with van der Waals surface area (Å²) in [5.41, 5.74) is 9.34. The lowest BCUT2D eigenvalue weighted by atomic mass is 9.99. The van der Waals surface area contributed by atoms with Crippen molar-refractivity contribution >= 4 is 5.96 Å². The Balaban J connectivity index is 1.61. The molecular formula is C22H33N5O. The molecule has 6 heteroatoms. The van der Waals surface area contributed by atoms with E-state index in [0.29, 0.717) is 11.7 Å². The molecule has 3 rings (SSSR count). The van der Waals surface area contributed by atoms with Crippen LogP contribution in [0.2, 0.25) is 0 Å². The van der Waals surface area contributed by atoms with Crippen LogP contribution < -0.4 is 5.73 Å². The molecule has 28 heavy (non-hydrogen) atoms. The molecule has 0 spiro atoms. The predicted octanol–water partition coefficient (Wildman–Crippen LogP) is 4.98. The predicted molar refractivity (Wildman–Crippen MR) is 112 cm³/mol. The van der Waals surface area contributed by atoms with Crippen molar-refractivity contribution in [2.45, 2.75) is 77.7 Å². The maximum Gasteiger partial charge on any atom is 0.249 e. The van der Waals surface area contributed by atoms with Crippen LogP contribution in [0.25, 0.3) is 11.4 Å². The highest BCUT2D eigenvalue weighted by molar-refractivity contribution is 5.75. The number of hydrogen-bond acceptors (Lipinski definition) is 4. The van der Waals surface area contributed by atoms with Crippen LogP contribution in [-0.4, -0.2) is 27.5 Å². The fourth-order valence-corrected chi connectivity index (χ4v) is 4.01. The summed E-state index contributed by atoms with van der Waals surface area (Å²) >= 11 is 0. The van der Waals surface area contributed by atoms with Gasteiger partial charge in [-0.1, -0.05) is 56.3 Å². The van der Waals surface area contributed by atoms with Crippen LogP contribution in [0.5, 0.6) is 0 Å². The molecule has 0 bridgehead atoms. The van der Waals surface area contributed by atoms with Crippen molar-refractivity contribution in [2.75, 3.05) is 6.54 Å². The van der Waals surface area contributed by atoms with Gasteiger partial charge in [-0.25, -0.2) is 0 Å². The minimum absolute atomic E-state index is 0.0668. The number of nitrogens with two attached hydrogens (primary N) is 1. The Morgan fingerprint density at radius 3 is 2.79 bits per heavy atom. The standard InChI is InChI=1S/C22H33N5O/c1-3-4-5-6-7-8-10-17-12-13-18(15-16(17)2)20-25-21(28-26-20)19-11-9-14-27(19)22(23)24/h12-13,15,19H,3-11,14H2,1-2H3,(H3,23,24). The highest BCUT2D eigenvalue weighted by Gasteiger charge is 2.31. The van der Waals surface area contributed by atoms with Crippen LogP contribution >= 0.6 is 0 Å². The zero-order valence-corrected chi connectivity index (χ0v) is 17.2. The van der Waals surface area contributed by atoms with Crippen molar-refractivity contribution in [3.8, 4) is 11.4 Å². The Labute approximate surface area is 168 Å². The van der Waals surface area contributed by atoms with E-state index in [4.69, 9.17) is 15.7 Å². The maximum atomic E-state index is 7.71. The maximum absolute atomic E-state index is 7.71. The van der Waals surface area contributed by atoms with E-state index >= 15 is 0 Å². The van der Waals surface area contributed by atoms with Gasteiger partial charge in [-0.15, -0.1) is 0 Å². The largest absolute Gasteiger partial charge is 0.370 e.